The molecule has 0 bridgehead atoms. The smallest absolute Gasteiger partial charge is 0.242 e. The first-order chi connectivity index (χ1) is 13.7. The highest BCUT2D eigenvalue weighted by Crippen LogP contribution is 2.30. The topological polar surface area (TPSA) is 73.4 Å². The third-order valence-corrected chi connectivity index (χ3v) is 6.55. The Morgan fingerprint density at radius 3 is 2.68 bits per heavy atom. The fraction of sp³-hybridized carbons (Fsp3) is 0.762. The molecule has 0 radical (unpaired) electrons. The van der Waals surface area contributed by atoms with Crippen molar-refractivity contribution >= 4 is 17.5 Å². The van der Waals surface area contributed by atoms with Crippen molar-refractivity contribution in [2.75, 3.05) is 43.4 Å². The Morgan fingerprint density at radius 1 is 1.11 bits per heavy atom. The highest BCUT2D eigenvalue weighted by molar-refractivity contribution is 5.84. The highest BCUT2D eigenvalue weighted by Gasteiger charge is 2.32. The number of fused-ring (bicyclic) bond motifs is 1. The average Bonchev–Trinajstić information content (AvgIpc) is 3.05. The molecular formula is C21H34N6O. The minimum atomic E-state index is 0.184. The number of likely N-dealkylation sites (N-methyl/N-ethyl adjacent to an activating group) is 1. The van der Waals surface area contributed by atoms with E-state index < -0.39 is 0 Å². The van der Waals surface area contributed by atoms with Crippen LogP contribution in [0.2, 0.25) is 0 Å². The van der Waals surface area contributed by atoms with E-state index in [0.717, 1.165) is 55.6 Å². The minimum Gasteiger partial charge on any atom is -0.369 e. The number of aromatic nitrogens is 2. The molecule has 154 valence electrons. The summed E-state index contributed by atoms with van der Waals surface area (Å²) in [6, 6.07) is 0.260. The molecule has 1 aliphatic carbocycles. The standard InChI is InChI=1S/C21H34N6O/c1-26-14-19(28)27(17-9-6-10-22-12-17)13-18-20(24-15-25-21(18)26)23-11-16-7-4-2-3-5-8-16/h15-17,22H,2-14H2,1H3,(H,23,24,25). The molecule has 1 saturated heterocycles. The molecule has 4 rings (SSSR count). The van der Waals surface area contributed by atoms with E-state index in [9.17, 15) is 4.79 Å². The molecular weight excluding hydrogens is 352 g/mol. The summed E-state index contributed by atoms with van der Waals surface area (Å²) >= 11 is 0. The van der Waals surface area contributed by atoms with Crippen molar-refractivity contribution in [3.63, 3.8) is 0 Å². The summed E-state index contributed by atoms with van der Waals surface area (Å²) in [7, 11) is 1.96. The predicted molar refractivity (Wildman–Crippen MR) is 111 cm³/mol. The summed E-state index contributed by atoms with van der Waals surface area (Å²) in [5, 5.41) is 7.07. The van der Waals surface area contributed by atoms with Gasteiger partial charge in [-0.25, -0.2) is 9.97 Å². The summed E-state index contributed by atoms with van der Waals surface area (Å²) in [5.41, 5.74) is 1.06. The van der Waals surface area contributed by atoms with Gasteiger partial charge in [-0.2, -0.15) is 0 Å². The highest BCUT2D eigenvalue weighted by atomic mass is 16.2. The predicted octanol–water partition coefficient (Wildman–Crippen LogP) is 2.39. The second-order valence-corrected chi connectivity index (χ2v) is 8.64. The van der Waals surface area contributed by atoms with Crippen LogP contribution in [0.15, 0.2) is 6.33 Å². The molecule has 0 spiro atoms. The zero-order chi connectivity index (χ0) is 19.3. The Labute approximate surface area is 168 Å². The van der Waals surface area contributed by atoms with Gasteiger partial charge >= 0.3 is 0 Å². The number of nitrogens with zero attached hydrogens (tertiary/aromatic N) is 4. The second kappa shape index (κ2) is 9.07. The van der Waals surface area contributed by atoms with Crippen molar-refractivity contribution in [3.05, 3.63) is 11.9 Å². The van der Waals surface area contributed by atoms with E-state index >= 15 is 0 Å². The maximum Gasteiger partial charge on any atom is 0.242 e. The molecule has 1 saturated carbocycles. The average molecular weight is 387 g/mol. The van der Waals surface area contributed by atoms with Crippen LogP contribution in [0, 0.1) is 5.92 Å². The quantitative estimate of drug-likeness (QED) is 0.774. The molecule has 7 heteroatoms. The van der Waals surface area contributed by atoms with Crippen molar-refractivity contribution in [2.45, 2.75) is 64.0 Å². The van der Waals surface area contributed by atoms with E-state index in [4.69, 9.17) is 0 Å². The van der Waals surface area contributed by atoms with Gasteiger partial charge in [0.2, 0.25) is 5.91 Å². The molecule has 3 heterocycles. The van der Waals surface area contributed by atoms with Crippen LogP contribution in [0.5, 0.6) is 0 Å². The van der Waals surface area contributed by atoms with Gasteiger partial charge in [0.15, 0.2) is 0 Å². The van der Waals surface area contributed by atoms with Crippen molar-refractivity contribution in [2.24, 2.45) is 5.92 Å². The maximum atomic E-state index is 12.9. The van der Waals surface area contributed by atoms with Crippen molar-refractivity contribution in [1.82, 2.24) is 20.2 Å². The normalized spacial score (nSPS) is 24.5. The van der Waals surface area contributed by atoms with Gasteiger partial charge < -0.3 is 20.4 Å². The van der Waals surface area contributed by atoms with Crippen molar-refractivity contribution in [1.29, 1.82) is 0 Å². The molecule has 2 aliphatic heterocycles. The van der Waals surface area contributed by atoms with E-state index in [1.165, 1.54) is 38.5 Å². The van der Waals surface area contributed by atoms with Gasteiger partial charge in [-0.05, 0) is 38.1 Å². The molecule has 1 atom stereocenters. The number of rotatable bonds is 4. The first kappa shape index (κ1) is 19.4. The van der Waals surface area contributed by atoms with Gasteiger partial charge in [0, 0.05) is 26.2 Å². The van der Waals surface area contributed by atoms with E-state index in [-0.39, 0.29) is 11.9 Å². The molecule has 3 aliphatic rings. The fourth-order valence-electron chi connectivity index (χ4n) is 4.90. The first-order valence-electron chi connectivity index (χ1n) is 11.0. The summed E-state index contributed by atoms with van der Waals surface area (Å²) < 4.78 is 0. The summed E-state index contributed by atoms with van der Waals surface area (Å²) in [6.07, 6.45) is 11.9. The number of amides is 1. The monoisotopic (exact) mass is 386 g/mol. The lowest BCUT2D eigenvalue weighted by molar-refractivity contribution is -0.132. The van der Waals surface area contributed by atoms with Crippen molar-refractivity contribution < 1.29 is 4.79 Å². The third kappa shape index (κ3) is 4.40. The zero-order valence-electron chi connectivity index (χ0n) is 17.1. The Balaban J connectivity index is 1.53. The number of carbonyl (C=O) groups excluding carboxylic acids is 1. The Bertz CT molecular complexity index is 667. The first-order valence-corrected chi connectivity index (χ1v) is 11.0. The molecule has 28 heavy (non-hydrogen) atoms. The Kier molecular flexibility index (Phi) is 6.29. The number of anilines is 2. The molecule has 1 unspecified atom stereocenters. The minimum absolute atomic E-state index is 0.184. The molecule has 7 nitrogen and oxygen atoms in total. The van der Waals surface area contributed by atoms with Gasteiger partial charge in [0.1, 0.15) is 18.0 Å². The van der Waals surface area contributed by atoms with Gasteiger partial charge in [-0.3, -0.25) is 4.79 Å². The molecule has 2 N–H and O–H groups in total. The Hall–Kier alpha value is -1.89. The van der Waals surface area contributed by atoms with Gasteiger partial charge in [-0.15, -0.1) is 0 Å². The number of hydrogen-bond acceptors (Lipinski definition) is 6. The van der Waals surface area contributed by atoms with E-state index in [2.05, 4.69) is 25.5 Å². The lowest BCUT2D eigenvalue weighted by Crippen LogP contribution is -2.49. The number of carbonyl (C=O) groups is 1. The number of hydrogen-bond donors (Lipinski definition) is 2. The van der Waals surface area contributed by atoms with Crippen LogP contribution in [0.4, 0.5) is 11.6 Å². The van der Waals surface area contributed by atoms with Crippen LogP contribution in [0.1, 0.15) is 56.9 Å². The SMILES string of the molecule is CN1CC(=O)N(C2CCCNC2)Cc2c(NCC3CCCCCC3)ncnc21. The number of nitrogens with one attached hydrogen (secondary N) is 2. The summed E-state index contributed by atoms with van der Waals surface area (Å²) in [5.74, 6) is 2.70. The van der Waals surface area contributed by atoms with Gasteiger partial charge in [0.25, 0.3) is 0 Å². The fourth-order valence-corrected chi connectivity index (χ4v) is 4.90. The van der Waals surface area contributed by atoms with E-state index in [1.807, 2.05) is 11.9 Å². The maximum absolute atomic E-state index is 12.9. The van der Waals surface area contributed by atoms with Gasteiger partial charge in [0.05, 0.1) is 18.7 Å². The molecule has 0 aromatic carbocycles. The second-order valence-electron chi connectivity index (χ2n) is 8.64. The Morgan fingerprint density at radius 2 is 1.93 bits per heavy atom. The molecule has 2 fully saturated rings. The van der Waals surface area contributed by atoms with Crippen LogP contribution in [0.25, 0.3) is 0 Å². The van der Waals surface area contributed by atoms with E-state index in [0.29, 0.717) is 13.1 Å². The summed E-state index contributed by atoms with van der Waals surface area (Å²) in [6.45, 7) is 3.86. The van der Waals surface area contributed by atoms with Crippen LogP contribution < -0.4 is 15.5 Å². The molecule has 1 aromatic heterocycles. The summed E-state index contributed by atoms with van der Waals surface area (Å²) in [4.78, 5) is 26.1. The third-order valence-electron chi connectivity index (χ3n) is 6.55. The van der Waals surface area contributed by atoms with E-state index in [1.54, 1.807) is 6.33 Å². The lowest BCUT2D eigenvalue weighted by atomic mass is 10.0. The molecule has 1 amide bonds. The van der Waals surface area contributed by atoms with Crippen LogP contribution in [-0.4, -0.2) is 60.0 Å². The number of piperidine rings is 1. The largest absolute Gasteiger partial charge is 0.369 e. The van der Waals surface area contributed by atoms with Crippen molar-refractivity contribution in [3.8, 4) is 0 Å². The lowest BCUT2D eigenvalue weighted by Gasteiger charge is -2.34. The zero-order valence-corrected chi connectivity index (χ0v) is 17.1. The van der Waals surface area contributed by atoms with Crippen LogP contribution in [-0.2, 0) is 11.3 Å². The van der Waals surface area contributed by atoms with Crippen LogP contribution >= 0.6 is 0 Å². The molecule has 1 aromatic rings. The van der Waals surface area contributed by atoms with Gasteiger partial charge in [-0.1, -0.05) is 25.7 Å². The van der Waals surface area contributed by atoms with Crippen LogP contribution in [0.3, 0.4) is 0 Å².